The molecule has 0 aromatic heterocycles. The van der Waals surface area contributed by atoms with Gasteiger partial charge in [-0.3, -0.25) is 13.9 Å². The summed E-state index contributed by atoms with van der Waals surface area (Å²) in [4.78, 5) is 28.4. The molecule has 0 aliphatic heterocycles. The third kappa shape index (κ3) is 7.72. The molecule has 1 atom stereocenters. The van der Waals surface area contributed by atoms with E-state index in [9.17, 15) is 18.0 Å². The summed E-state index contributed by atoms with van der Waals surface area (Å²) in [7, 11) is -2.33. The number of likely N-dealkylation sites (N-methyl/N-ethyl adjacent to an activating group) is 1. The zero-order chi connectivity index (χ0) is 27.9. The van der Waals surface area contributed by atoms with Crippen molar-refractivity contribution < 1.29 is 18.0 Å². The van der Waals surface area contributed by atoms with Crippen LogP contribution < -0.4 is 9.62 Å². The van der Waals surface area contributed by atoms with E-state index in [0.29, 0.717) is 21.3 Å². The first-order valence-corrected chi connectivity index (χ1v) is 14.7. The highest BCUT2D eigenvalue weighted by Gasteiger charge is 2.33. The summed E-state index contributed by atoms with van der Waals surface area (Å²) in [5.74, 6) is -0.934. The predicted octanol–water partition coefficient (Wildman–Crippen LogP) is 4.71. The van der Waals surface area contributed by atoms with Crippen molar-refractivity contribution in [3.05, 3.63) is 99.5 Å². The summed E-state index contributed by atoms with van der Waals surface area (Å²) >= 11 is 12.5. The van der Waals surface area contributed by atoms with E-state index in [1.165, 1.54) is 11.9 Å². The molecule has 0 spiro atoms. The van der Waals surface area contributed by atoms with E-state index < -0.39 is 28.5 Å². The normalized spacial score (nSPS) is 12.0. The lowest BCUT2D eigenvalue weighted by Crippen LogP contribution is -2.52. The fourth-order valence-electron chi connectivity index (χ4n) is 4.07. The van der Waals surface area contributed by atoms with Crippen molar-refractivity contribution in [1.29, 1.82) is 0 Å². The number of nitrogens with one attached hydrogen (secondary N) is 1. The SMILES string of the molecule is CCc1ccc(N(CC(=O)N(Cc2ccc(Cl)cc2Cl)[C@@H](Cc2ccccc2)C(=O)NC)S(C)(=O)=O)cc1. The second-order valence-corrected chi connectivity index (χ2v) is 11.6. The molecule has 0 aliphatic rings. The number of halogens is 2. The van der Waals surface area contributed by atoms with E-state index in [1.54, 1.807) is 30.3 Å². The lowest BCUT2D eigenvalue weighted by Gasteiger charge is -2.33. The predicted molar refractivity (Wildman–Crippen MR) is 153 cm³/mol. The van der Waals surface area contributed by atoms with Crippen molar-refractivity contribution in [2.45, 2.75) is 32.4 Å². The first kappa shape index (κ1) is 29.5. The molecule has 3 aromatic rings. The minimum Gasteiger partial charge on any atom is -0.357 e. The first-order chi connectivity index (χ1) is 18.0. The van der Waals surface area contributed by atoms with Gasteiger partial charge in [-0.15, -0.1) is 0 Å². The van der Waals surface area contributed by atoms with Crippen molar-refractivity contribution >= 4 is 50.7 Å². The molecule has 202 valence electrons. The van der Waals surface area contributed by atoms with Crippen molar-refractivity contribution in [2.75, 3.05) is 24.2 Å². The number of hydrogen-bond acceptors (Lipinski definition) is 4. The maximum atomic E-state index is 13.9. The van der Waals surface area contributed by atoms with Gasteiger partial charge in [-0.2, -0.15) is 0 Å². The van der Waals surface area contributed by atoms with E-state index in [4.69, 9.17) is 23.2 Å². The molecule has 1 N–H and O–H groups in total. The van der Waals surface area contributed by atoms with E-state index in [1.807, 2.05) is 49.4 Å². The smallest absolute Gasteiger partial charge is 0.244 e. The number of benzene rings is 3. The third-order valence-electron chi connectivity index (χ3n) is 6.19. The van der Waals surface area contributed by atoms with E-state index in [2.05, 4.69) is 5.32 Å². The topological polar surface area (TPSA) is 86.8 Å². The summed E-state index contributed by atoms with van der Waals surface area (Å²) in [5.41, 5.74) is 2.82. The monoisotopic (exact) mass is 575 g/mol. The second-order valence-electron chi connectivity index (χ2n) is 8.87. The molecular formula is C28H31Cl2N3O4S. The molecule has 0 saturated carbocycles. The number of rotatable bonds is 11. The minimum absolute atomic E-state index is 0.0217. The minimum atomic E-state index is -3.82. The van der Waals surface area contributed by atoms with Gasteiger partial charge in [0, 0.05) is 30.1 Å². The molecule has 0 radical (unpaired) electrons. The Balaban J connectivity index is 2.04. The molecule has 3 rings (SSSR count). The number of hydrogen-bond donors (Lipinski definition) is 1. The van der Waals surface area contributed by atoms with E-state index >= 15 is 0 Å². The Hall–Kier alpha value is -3.07. The largest absolute Gasteiger partial charge is 0.357 e. The van der Waals surface area contributed by atoms with Crippen LogP contribution in [-0.4, -0.2) is 51.0 Å². The lowest BCUT2D eigenvalue weighted by atomic mass is 10.0. The number of anilines is 1. The van der Waals surface area contributed by atoms with Gasteiger partial charge >= 0.3 is 0 Å². The number of nitrogens with zero attached hydrogens (tertiary/aromatic N) is 2. The van der Waals surface area contributed by atoms with Crippen LogP contribution in [0.2, 0.25) is 10.0 Å². The van der Waals surface area contributed by atoms with Gasteiger partial charge in [0.05, 0.1) is 11.9 Å². The Morgan fingerprint density at radius 3 is 2.16 bits per heavy atom. The molecule has 0 fully saturated rings. The molecular weight excluding hydrogens is 545 g/mol. The van der Waals surface area contributed by atoms with Gasteiger partial charge in [0.15, 0.2) is 0 Å². The fourth-order valence-corrected chi connectivity index (χ4v) is 5.38. The van der Waals surface area contributed by atoms with Crippen molar-refractivity contribution in [3.8, 4) is 0 Å². The molecule has 38 heavy (non-hydrogen) atoms. The number of carbonyl (C=O) groups is 2. The van der Waals surface area contributed by atoms with Gasteiger partial charge in [-0.1, -0.05) is 78.7 Å². The van der Waals surface area contributed by atoms with Crippen molar-refractivity contribution in [1.82, 2.24) is 10.2 Å². The number of aryl methyl sites for hydroxylation is 1. The average molecular weight is 577 g/mol. The quantitative estimate of drug-likeness (QED) is 0.359. The number of carbonyl (C=O) groups excluding carboxylic acids is 2. The van der Waals surface area contributed by atoms with Crippen LogP contribution in [0.4, 0.5) is 5.69 Å². The van der Waals surface area contributed by atoms with Crippen LogP contribution in [0.25, 0.3) is 0 Å². The Kier molecular flexibility index (Phi) is 10.2. The van der Waals surface area contributed by atoms with Crippen LogP contribution in [-0.2, 0) is 39.0 Å². The van der Waals surface area contributed by atoms with Gasteiger partial charge in [0.2, 0.25) is 21.8 Å². The number of sulfonamides is 1. The van der Waals surface area contributed by atoms with Crippen LogP contribution in [0.1, 0.15) is 23.6 Å². The molecule has 0 saturated heterocycles. The maximum Gasteiger partial charge on any atom is 0.244 e. The zero-order valence-electron chi connectivity index (χ0n) is 21.5. The fraction of sp³-hybridized carbons (Fsp3) is 0.286. The summed E-state index contributed by atoms with van der Waals surface area (Å²) < 4.78 is 26.6. The molecule has 0 unspecified atom stereocenters. The third-order valence-corrected chi connectivity index (χ3v) is 7.91. The molecule has 2 amide bonds. The zero-order valence-corrected chi connectivity index (χ0v) is 23.9. The summed E-state index contributed by atoms with van der Waals surface area (Å²) in [6.07, 6.45) is 2.07. The van der Waals surface area contributed by atoms with Gasteiger partial charge in [0.25, 0.3) is 0 Å². The second kappa shape index (κ2) is 13.1. The van der Waals surface area contributed by atoms with Gasteiger partial charge in [0.1, 0.15) is 12.6 Å². The summed E-state index contributed by atoms with van der Waals surface area (Å²) in [5, 5.41) is 3.41. The highest BCUT2D eigenvalue weighted by molar-refractivity contribution is 7.92. The highest BCUT2D eigenvalue weighted by atomic mass is 35.5. The van der Waals surface area contributed by atoms with Crippen LogP contribution in [0.5, 0.6) is 0 Å². The lowest BCUT2D eigenvalue weighted by molar-refractivity contribution is -0.139. The van der Waals surface area contributed by atoms with Crippen molar-refractivity contribution in [2.24, 2.45) is 0 Å². The van der Waals surface area contributed by atoms with Gasteiger partial charge in [-0.05, 0) is 47.4 Å². The van der Waals surface area contributed by atoms with Crippen LogP contribution in [0, 0.1) is 0 Å². The van der Waals surface area contributed by atoms with E-state index in [-0.39, 0.29) is 18.9 Å². The van der Waals surface area contributed by atoms with Crippen LogP contribution >= 0.6 is 23.2 Å². The maximum absolute atomic E-state index is 13.9. The number of amides is 2. The Labute approximate surface area is 234 Å². The average Bonchev–Trinajstić information content (AvgIpc) is 2.89. The van der Waals surface area contributed by atoms with Crippen LogP contribution in [0.3, 0.4) is 0 Å². The highest BCUT2D eigenvalue weighted by Crippen LogP contribution is 2.25. The van der Waals surface area contributed by atoms with E-state index in [0.717, 1.165) is 28.1 Å². The molecule has 10 heteroatoms. The van der Waals surface area contributed by atoms with Crippen LogP contribution in [0.15, 0.2) is 72.8 Å². The standard InChI is InChI=1S/C28H31Cl2N3O4S/c1-4-20-10-14-24(15-11-20)33(38(3,36)37)19-27(34)32(18-22-12-13-23(29)17-25(22)30)26(28(35)31-2)16-21-8-6-5-7-9-21/h5-15,17,26H,4,16,18-19H2,1-3H3,(H,31,35)/t26-/m0/s1. The molecule has 0 heterocycles. The Bertz CT molecular complexity index is 1370. The Morgan fingerprint density at radius 2 is 1.61 bits per heavy atom. The molecule has 0 bridgehead atoms. The first-order valence-electron chi connectivity index (χ1n) is 12.1. The van der Waals surface area contributed by atoms with Gasteiger partial charge < -0.3 is 10.2 Å². The summed E-state index contributed by atoms with van der Waals surface area (Å²) in [6.45, 7) is 1.49. The van der Waals surface area contributed by atoms with Gasteiger partial charge in [-0.25, -0.2) is 8.42 Å². The van der Waals surface area contributed by atoms with Crippen molar-refractivity contribution in [3.63, 3.8) is 0 Å². The Morgan fingerprint density at radius 1 is 0.947 bits per heavy atom. The molecule has 3 aromatic carbocycles. The summed E-state index contributed by atoms with van der Waals surface area (Å²) in [6, 6.07) is 20.3. The molecule has 0 aliphatic carbocycles. The molecule has 7 nitrogen and oxygen atoms in total.